The van der Waals surface area contributed by atoms with Gasteiger partial charge in [0.2, 0.25) is 0 Å². The van der Waals surface area contributed by atoms with Crippen LogP contribution >= 0.6 is 0 Å². The van der Waals surface area contributed by atoms with Crippen LogP contribution < -0.4 is 0 Å². The summed E-state index contributed by atoms with van der Waals surface area (Å²) in [5.41, 5.74) is 0. The highest BCUT2D eigenvalue weighted by Crippen LogP contribution is 2.10. The van der Waals surface area contributed by atoms with E-state index >= 15 is 0 Å². The van der Waals surface area contributed by atoms with E-state index in [9.17, 15) is 0 Å². The van der Waals surface area contributed by atoms with Gasteiger partial charge in [0, 0.05) is 6.92 Å². The minimum Gasteiger partial charge on any atom is -0.481 e. The second-order valence-electron chi connectivity index (χ2n) is 3.15. The molecule has 2 N–H and O–H groups in total. The molecule has 1 rings (SSSR count). The summed E-state index contributed by atoms with van der Waals surface area (Å²) in [6.07, 6.45) is 9.71. The number of carboxylic acids is 1. The predicted octanol–water partition coefficient (Wildman–Crippen LogP) is 2.98. The van der Waals surface area contributed by atoms with E-state index < -0.39 is 5.97 Å². The molecule has 0 aromatic rings. The minimum absolute atomic E-state index is 0.162. The first kappa shape index (κ1) is 16.6. The smallest absolute Gasteiger partial charge is 0.300 e. The zero-order chi connectivity index (χ0) is 12.1. The number of allylic oxidation sites excluding steroid dienone is 1. The van der Waals surface area contributed by atoms with Crippen LogP contribution in [-0.2, 0) is 4.79 Å². The standard InChI is InChI=1S/C8H14O.C2H4O2.C2H6/c9-8-6-4-2-1-3-5-7-8;1-2(3)4;1-2/h4,6,8-9H,1-3,5,7H2;1H3,(H,3,4);1-2H3/b6-4-;;. The lowest BCUT2D eigenvalue weighted by molar-refractivity contribution is -0.134. The van der Waals surface area contributed by atoms with Crippen LogP contribution in [0.1, 0.15) is 52.9 Å². The van der Waals surface area contributed by atoms with E-state index in [1.807, 2.05) is 19.9 Å². The van der Waals surface area contributed by atoms with Crippen molar-refractivity contribution < 1.29 is 15.0 Å². The molecule has 1 aliphatic rings. The predicted molar refractivity (Wildman–Crippen MR) is 62.9 cm³/mol. The Morgan fingerprint density at radius 1 is 1.27 bits per heavy atom. The summed E-state index contributed by atoms with van der Waals surface area (Å²) in [7, 11) is 0. The van der Waals surface area contributed by atoms with Crippen LogP contribution in [0, 0.1) is 0 Å². The first-order valence-corrected chi connectivity index (χ1v) is 5.67. The number of aliphatic hydroxyl groups excluding tert-OH is 1. The Kier molecular flexibility index (Phi) is 14.6. The monoisotopic (exact) mass is 216 g/mol. The van der Waals surface area contributed by atoms with Gasteiger partial charge in [0.15, 0.2) is 0 Å². The van der Waals surface area contributed by atoms with E-state index in [2.05, 4.69) is 6.08 Å². The van der Waals surface area contributed by atoms with Crippen LogP contribution in [0.25, 0.3) is 0 Å². The number of rotatable bonds is 0. The molecule has 0 fully saturated rings. The minimum atomic E-state index is -0.833. The van der Waals surface area contributed by atoms with Crippen LogP contribution in [0.3, 0.4) is 0 Å². The van der Waals surface area contributed by atoms with Crippen molar-refractivity contribution in [3.8, 4) is 0 Å². The van der Waals surface area contributed by atoms with Gasteiger partial charge in [-0.25, -0.2) is 0 Å². The molecule has 0 saturated carbocycles. The van der Waals surface area contributed by atoms with Crippen LogP contribution in [0.4, 0.5) is 0 Å². The van der Waals surface area contributed by atoms with Crippen molar-refractivity contribution in [3.05, 3.63) is 12.2 Å². The van der Waals surface area contributed by atoms with Gasteiger partial charge in [-0.15, -0.1) is 0 Å². The summed E-state index contributed by atoms with van der Waals surface area (Å²) in [5, 5.41) is 16.5. The zero-order valence-electron chi connectivity index (χ0n) is 10.1. The van der Waals surface area contributed by atoms with E-state index in [1.54, 1.807) is 0 Å². The number of aliphatic carboxylic acids is 1. The molecule has 1 aliphatic carbocycles. The summed E-state index contributed by atoms with van der Waals surface area (Å²) >= 11 is 0. The van der Waals surface area contributed by atoms with Crippen LogP contribution in [0.15, 0.2) is 12.2 Å². The average Bonchev–Trinajstić information content (AvgIpc) is 2.14. The molecule has 1 atom stereocenters. The Hall–Kier alpha value is -0.830. The molecule has 0 aliphatic heterocycles. The van der Waals surface area contributed by atoms with Crippen molar-refractivity contribution in [1.29, 1.82) is 0 Å². The topological polar surface area (TPSA) is 57.5 Å². The summed E-state index contributed by atoms with van der Waals surface area (Å²) in [4.78, 5) is 9.00. The molecule has 1 unspecified atom stereocenters. The second-order valence-corrected chi connectivity index (χ2v) is 3.15. The molecule has 3 nitrogen and oxygen atoms in total. The van der Waals surface area contributed by atoms with Crippen molar-refractivity contribution in [1.82, 2.24) is 0 Å². The van der Waals surface area contributed by atoms with Crippen LogP contribution in [-0.4, -0.2) is 22.3 Å². The van der Waals surface area contributed by atoms with E-state index in [-0.39, 0.29) is 6.10 Å². The van der Waals surface area contributed by atoms with Crippen molar-refractivity contribution in [2.45, 2.75) is 59.0 Å². The van der Waals surface area contributed by atoms with Crippen molar-refractivity contribution >= 4 is 5.97 Å². The summed E-state index contributed by atoms with van der Waals surface area (Å²) < 4.78 is 0. The highest BCUT2D eigenvalue weighted by Gasteiger charge is 2.00. The molecule has 0 saturated heterocycles. The van der Waals surface area contributed by atoms with Gasteiger partial charge < -0.3 is 10.2 Å². The second kappa shape index (κ2) is 13.2. The van der Waals surface area contributed by atoms with E-state index in [0.29, 0.717) is 0 Å². The summed E-state index contributed by atoms with van der Waals surface area (Å²) in [5.74, 6) is -0.833. The lowest BCUT2D eigenvalue weighted by Gasteiger charge is -2.07. The summed E-state index contributed by atoms with van der Waals surface area (Å²) in [6, 6.07) is 0. The SMILES string of the molecule is CC.CC(=O)O.OC1/C=C\CCCCC1. The maximum Gasteiger partial charge on any atom is 0.300 e. The van der Waals surface area contributed by atoms with Gasteiger partial charge in [-0.1, -0.05) is 38.8 Å². The van der Waals surface area contributed by atoms with E-state index in [0.717, 1.165) is 19.8 Å². The Morgan fingerprint density at radius 3 is 2.33 bits per heavy atom. The fraction of sp³-hybridized carbons (Fsp3) is 0.750. The molecular formula is C12H24O3. The molecule has 3 heteroatoms. The van der Waals surface area contributed by atoms with Crippen molar-refractivity contribution in [2.75, 3.05) is 0 Å². The number of carboxylic acid groups (broad SMARTS) is 1. The molecular weight excluding hydrogens is 192 g/mol. The van der Waals surface area contributed by atoms with Gasteiger partial charge in [-0.05, 0) is 19.3 Å². The first-order valence-electron chi connectivity index (χ1n) is 5.67. The molecule has 0 aromatic heterocycles. The van der Waals surface area contributed by atoms with E-state index in [4.69, 9.17) is 15.0 Å². The van der Waals surface area contributed by atoms with Gasteiger partial charge in [-0.3, -0.25) is 4.79 Å². The first-order chi connectivity index (χ1) is 7.13. The molecule has 0 heterocycles. The van der Waals surface area contributed by atoms with Gasteiger partial charge in [0.25, 0.3) is 5.97 Å². The fourth-order valence-corrected chi connectivity index (χ4v) is 1.14. The molecule has 15 heavy (non-hydrogen) atoms. The Balaban J connectivity index is 0. The van der Waals surface area contributed by atoms with Gasteiger partial charge in [-0.2, -0.15) is 0 Å². The molecule has 0 spiro atoms. The highest BCUT2D eigenvalue weighted by molar-refractivity contribution is 5.62. The molecule has 0 bridgehead atoms. The van der Waals surface area contributed by atoms with Crippen LogP contribution in [0.2, 0.25) is 0 Å². The van der Waals surface area contributed by atoms with Gasteiger partial charge >= 0.3 is 0 Å². The van der Waals surface area contributed by atoms with Crippen LogP contribution in [0.5, 0.6) is 0 Å². The van der Waals surface area contributed by atoms with Gasteiger partial charge in [0.1, 0.15) is 0 Å². The Labute approximate surface area is 92.8 Å². The fourth-order valence-electron chi connectivity index (χ4n) is 1.14. The number of aliphatic hydroxyl groups is 1. The normalized spacial score (nSPS) is 21.7. The maximum atomic E-state index is 9.13. The third-order valence-electron chi connectivity index (χ3n) is 1.73. The largest absolute Gasteiger partial charge is 0.481 e. The van der Waals surface area contributed by atoms with Crippen molar-refractivity contribution in [3.63, 3.8) is 0 Å². The zero-order valence-corrected chi connectivity index (χ0v) is 10.1. The number of hydrogen-bond acceptors (Lipinski definition) is 2. The quantitative estimate of drug-likeness (QED) is 0.612. The lowest BCUT2D eigenvalue weighted by atomic mass is 10.0. The lowest BCUT2D eigenvalue weighted by Crippen LogP contribution is -2.02. The highest BCUT2D eigenvalue weighted by atomic mass is 16.4. The van der Waals surface area contributed by atoms with E-state index in [1.165, 1.54) is 19.3 Å². The molecule has 0 amide bonds. The average molecular weight is 216 g/mol. The Bertz CT molecular complexity index is 160. The third kappa shape index (κ3) is 19.5. The number of carbonyl (C=O) groups is 1. The maximum absolute atomic E-state index is 9.13. The molecule has 0 aromatic carbocycles. The van der Waals surface area contributed by atoms with Crippen molar-refractivity contribution in [2.24, 2.45) is 0 Å². The molecule has 90 valence electrons. The van der Waals surface area contributed by atoms with Gasteiger partial charge in [0.05, 0.1) is 6.10 Å². The number of hydrogen-bond donors (Lipinski definition) is 2. The molecule has 0 radical (unpaired) electrons. The third-order valence-corrected chi connectivity index (χ3v) is 1.73. The Morgan fingerprint density at radius 2 is 1.80 bits per heavy atom. The summed E-state index contributed by atoms with van der Waals surface area (Å²) in [6.45, 7) is 5.08.